The molecule has 2 aliphatic heterocycles. The number of benzene rings is 2. The fraction of sp³-hybridized carbons (Fsp3) is 0.235. The molecule has 2 amide bonds. The number of carbonyl (C=O) groups is 1. The molecule has 1 N–H and O–H groups in total. The van der Waals surface area contributed by atoms with Crippen LogP contribution < -0.4 is 15.0 Å². The fourth-order valence-corrected chi connectivity index (χ4v) is 3.72. The number of para-hydroxylation sites is 1. The highest BCUT2D eigenvalue weighted by Gasteiger charge is 2.50. The van der Waals surface area contributed by atoms with Gasteiger partial charge in [-0.25, -0.2) is 9.18 Å². The van der Waals surface area contributed by atoms with Crippen LogP contribution in [0.2, 0.25) is 0 Å². The van der Waals surface area contributed by atoms with Crippen LogP contribution in [0.1, 0.15) is 24.9 Å². The van der Waals surface area contributed by atoms with Gasteiger partial charge in [0.15, 0.2) is 5.72 Å². The number of fused-ring (bicyclic) bond motifs is 4. The third-order valence-corrected chi connectivity index (χ3v) is 4.82. The Labute approximate surface area is 141 Å². The maximum absolute atomic E-state index is 14.2. The number of amides is 2. The van der Waals surface area contributed by atoms with Crippen LogP contribution in [0.25, 0.3) is 0 Å². The van der Waals surface area contributed by atoms with E-state index in [9.17, 15) is 9.18 Å². The number of hydrogen-bond donors (Lipinski definition) is 1. The highest BCUT2D eigenvalue weighted by molar-refractivity contribution is 9.10. The molecule has 0 radical (unpaired) electrons. The van der Waals surface area contributed by atoms with Crippen molar-refractivity contribution >= 4 is 27.6 Å². The predicted molar refractivity (Wildman–Crippen MR) is 87.9 cm³/mol. The van der Waals surface area contributed by atoms with E-state index < -0.39 is 11.5 Å². The molecule has 118 valence electrons. The quantitative estimate of drug-likeness (QED) is 0.803. The number of nitrogens with zero attached hydrogens (tertiary/aromatic N) is 1. The maximum atomic E-state index is 14.2. The summed E-state index contributed by atoms with van der Waals surface area (Å²) in [5, 5.41) is 2.95. The summed E-state index contributed by atoms with van der Waals surface area (Å²) in [6.45, 7) is 1.82. The van der Waals surface area contributed by atoms with Gasteiger partial charge < -0.3 is 10.1 Å². The Morgan fingerprint density at radius 3 is 2.91 bits per heavy atom. The summed E-state index contributed by atoms with van der Waals surface area (Å²) in [4.78, 5) is 14.0. The fourth-order valence-electron chi connectivity index (χ4n) is 3.34. The zero-order valence-corrected chi connectivity index (χ0v) is 13.9. The van der Waals surface area contributed by atoms with Gasteiger partial charge in [-0.2, -0.15) is 0 Å². The van der Waals surface area contributed by atoms with Gasteiger partial charge in [0.1, 0.15) is 11.6 Å². The molecule has 2 aliphatic rings. The monoisotopic (exact) mass is 376 g/mol. The van der Waals surface area contributed by atoms with E-state index in [-0.39, 0.29) is 17.8 Å². The second-order valence-corrected chi connectivity index (χ2v) is 6.87. The minimum absolute atomic E-state index is 0.156. The normalized spacial score (nSPS) is 25.4. The van der Waals surface area contributed by atoms with E-state index in [1.807, 2.05) is 25.1 Å². The van der Waals surface area contributed by atoms with E-state index in [1.54, 1.807) is 18.2 Å². The first-order valence-electron chi connectivity index (χ1n) is 7.32. The number of hydrogen-bond acceptors (Lipinski definition) is 2. The highest BCUT2D eigenvalue weighted by atomic mass is 79.9. The minimum Gasteiger partial charge on any atom is -0.467 e. The molecule has 0 saturated carbocycles. The van der Waals surface area contributed by atoms with E-state index in [0.717, 1.165) is 10.0 Å². The predicted octanol–water partition coefficient (Wildman–Crippen LogP) is 4.36. The van der Waals surface area contributed by atoms with Crippen molar-refractivity contribution in [1.29, 1.82) is 0 Å². The third-order valence-electron chi connectivity index (χ3n) is 4.33. The van der Waals surface area contributed by atoms with E-state index in [4.69, 9.17) is 4.74 Å². The summed E-state index contributed by atoms with van der Waals surface area (Å²) in [6, 6.07) is 11.4. The average Bonchev–Trinajstić information content (AvgIpc) is 2.49. The lowest BCUT2D eigenvalue weighted by molar-refractivity contribution is 0.0373. The van der Waals surface area contributed by atoms with Gasteiger partial charge in [-0.3, -0.25) is 4.90 Å². The minimum atomic E-state index is -0.935. The van der Waals surface area contributed by atoms with Gasteiger partial charge >= 0.3 is 6.03 Å². The third kappa shape index (κ3) is 2.20. The Morgan fingerprint density at radius 2 is 2.13 bits per heavy atom. The topological polar surface area (TPSA) is 41.6 Å². The van der Waals surface area contributed by atoms with Crippen molar-refractivity contribution in [2.24, 2.45) is 0 Å². The lowest BCUT2D eigenvalue weighted by Gasteiger charge is -2.50. The van der Waals surface area contributed by atoms with E-state index in [0.29, 0.717) is 12.2 Å². The molecule has 2 unspecified atom stereocenters. The first-order valence-corrected chi connectivity index (χ1v) is 8.11. The Kier molecular flexibility index (Phi) is 3.13. The molecule has 4 nitrogen and oxygen atoms in total. The highest BCUT2D eigenvalue weighted by Crippen LogP contribution is 2.46. The summed E-state index contributed by atoms with van der Waals surface area (Å²) < 4.78 is 21.2. The molecule has 2 aromatic rings. The summed E-state index contributed by atoms with van der Waals surface area (Å²) >= 11 is 3.44. The van der Waals surface area contributed by atoms with Crippen molar-refractivity contribution in [2.45, 2.75) is 25.1 Å². The van der Waals surface area contributed by atoms with Crippen LogP contribution in [-0.4, -0.2) is 11.8 Å². The Balaban J connectivity index is 1.83. The molecular formula is C17H14BrFN2O2. The smallest absolute Gasteiger partial charge is 0.325 e. The first kappa shape index (κ1) is 14.5. The van der Waals surface area contributed by atoms with E-state index in [2.05, 4.69) is 21.2 Å². The first-order chi connectivity index (χ1) is 11.0. The molecule has 1 saturated heterocycles. The van der Waals surface area contributed by atoms with Crippen LogP contribution in [-0.2, 0) is 0 Å². The SMILES string of the molecule is CC12CC(NC(=O)N1c1ccccc1F)c1cc(Br)ccc1O2. The van der Waals surface area contributed by atoms with Gasteiger partial charge in [0.25, 0.3) is 0 Å². The molecule has 2 heterocycles. The largest absolute Gasteiger partial charge is 0.467 e. The van der Waals surface area contributed by atoms with Crippen molar-refractivity contribution < 1.29 is 13.9 Å². The van der Waals surface area contributed by atoms with Gasteiger partial charge in [0.05, 0.1) is 11.7 Å². The second kappa shape index (κ2) is 4.96. The molecule has 0 aliphatic carbocycles. The van der Waals surface area contributed by atoms with E-state index in [1.165, 1.54) is 11.0 Å². The molecule has 2 atom stereocenters. The lowest BCUT2D eigenvalue weighted by Crippen LogP contribution is -2.65. The zero-order valence-electron chi connectivity index (χ0n) is 12.3. The molecule has 1 fully saturated rings. The summed E-state index contributed by atoms with van der Waals surface area (Å²) in [7, 11) is 0. The zero-order chi connectivity index (χ0) is 16.2. The van der Waals surface area contributed by atoms with Crippen LogP contribution in [0.3, 0.4) is 0 Å². The molecule has 2 bridgehead atoms. The van der Waals surface area contributed by atoms with Crippen molar-refractivity contribution in [3.05, 3.63) is 58.3 Å². The lowest BCUT2D eigenvalue weighted by atomic mass is 9.90. The summed E-state index contributed by atoms with van der Waals surface area (Å²) in [5.74, 6) is 0.251. The number of carbonyl (C=O) groups excluding carboxylic acids is 1. The van der Waals surface area contributed by atoms with Crippen LogP contribution in [0, 0.1) is 5.82 Å². The Hall–Kier alpha value is -2.08. The maximum Gasteiger partial charge on any atom is 0.325 e. The molecule has 6 heteroatoms. The number of rotatable bonds is 1. The van der Waals surface area contributed by atoms with Crippen molar-refractivity contribution in [3.63, 3.8) is 0 Å². The van der Waals surface area contributed by atoms with Crippen LogP contribution in [0.15, 0.2) is 46.9 Å². The van der Waals surface area contributed by atoms with Crippen molar-refractivity contribution in [2.75, 3.05) is 4.90 Å². The van der Waals surface area contributed by atoms with Gasteiger partial charge in [0, 0.05) is 16.5 Å². The standard InChI is InChI=1S/C17H14BrFN2O2/c1-17-9-13(11-8-10(18)6-7-15(11)23-17)20-16(22)21(17)14-5-3-2-4-12(14)19/h2-8,13H,9H2,1H3,(H,20,22). The van der Waals surface area contributed by atoms with Crippen molar-refractivity contribution in [3.8, 4) is 5.75 Å². The number of halogens is 2. The van der Waals surface area contributed by atoms with Gasteiger partial charge in [0.2, 0.25) is 0 Å². The molecule has 0 spiro atoms. The average molecular weight is 377 g/mol. The Morgan fingerprint density at radius 1 is 1.35 bits per heavy atom. The summed E-state index contributed by atoms with van der Waals surface area (Å²) in [5.41, 5.74) is 0.209. The number of urea groups is 1. The van der Waals surface area contributed by atoms with Gasteiger partial charge in [-0.15, -0.1) is 0 Å². The number of nitrogens with one attached hydrogen (secondary N) is 1. The molecule has 0 aromatic heterocycles. The summed E-state index contributed by atoms with van der Waals surface area (Å²) in [6.07, 6.45) is 0.538. The van der Waals surface area contributed by atoms with Crippen molar-refractivity contribution in [1.82, 2.24) is 5.32 Å². The van der Waals surface area contributed by atoms with Crippen LogP contribution >= 0.6 is 15.9 Å². The van der Waals surface area contributed by atoms with Crippen LogP contribution in [0.4, 0.5) is 14.9 Å². The molecule has 2 aromatic carbocycles. The number of ether oxygens (including phenoxy) is 1. The number of anilines is 1. The second-order valence-electron chi connectivity index (χ2n) is 5.95. The molecule has 4 rings (SSSR count). The van der Waals surface area contributed by atoms with Crippen LogP contribution in [0.5, 0.6) is 5.75 Å². The molecule has 23 heavy (non-hydrogen) atoms. The van der Waals surface area contributed by atoms with E-state index >= 15 is 0 Å². The molecular weight excluding hydrogens is 363 g/mol. The van der Waals surface area contributed by atoms with Gasteiger partial charge in [-0.05, 0) is 37.3 Å². The Bertz CT molecular complexity index is 813. The van der Waals surface area contributed by atoms with Gasteiger partial charge in [-0.1, -0.05) is 28.1 Å².